The van der Waals surface area contributed by atoms with Crippen LogP contribution in [0.4, 0.5) is 0 Å². The first-order valence-corrected chi connectivity index (χ1v) is 5.89. The van der Waals surface area contributed by atoms with Crippen LogP contribution in [-0.4, -0.2) is 36.2 Å². The van der Waals surface area contributed by atoms with E-state index >= 15 is 0 Å². The van der Waals surface area contributed by atoms with Crippen molar-refractivity contribution in [1.82, 2.24) is 4.90 Å². The molecule has 1 aliphatic carbocycles. The van der Waals surface area contributed by atoms with Gasteiger partial charge in [0.1, 0.15) is 0 Å². The van der Waals surface area contributed by atoms with E-state index in [1.54, 1.807) is 0 Å². The van der Waals surface area contributed by atoms with E-state index in [0.717, 1.165) is 18.4 Å². The molecule has 82 valence electrons. The number of rotatable bonds is 4. The zero-order chi connectivity index (χ0) is 10.2. The average Bonchev–Trinajstić information content (AvgIpc) is 1.91. The summed E-state index contributed by atoms with van der Waals surface area (Å²) in [5, 5.41) is 8.95. The van der Waals surface area contributed by atoms with Gasteiger partial charge in [-0.05, 0) is 30.1 Å². The molecule has 14 heavy (non-hydrogen) atoms. The Morgan fingerprint density at radius 2 is 1.93 bits per heavy atom. The van der Waals surface area contributed by atoms with E-state index in [-0.39, 0.29) is 0 Å². The van der Waals surface area contributed by atoms with Crippen LogP contribution in [0, 0.1) is 10.8 Å². The summed E-state index contributed by atoms with van der Waals surface area (Å²) in [6.07, 6.45) is 5.30. The Morgan fingerprint density at radius 1 is 1.29 bits per heavy atom. The van der Waals surface area contributed by atoms with Gasteiger partial charge in [0, 0.05) is 26.2 Å². The molecule has 2 heteroatoms. The van der Waals surface area contributed by atoms with Gasteiger partial charge >= 0.3 is 0 Å². The van der Waals surface area contributed by atoms with Gasteiger partial charge in [-0.3, -0.25) is 0 Å². The van der Waals surface area contributed by atoms with E-state index in [4.69, 9.17) is 5.11 Å². The van der Waals surface area contributed by atoms with Crippen molar-refractivity contribution in [1.29, 1.82) is 0 Å². The van der Waals surface area contributed by atoms with Gasteiger partial charge in [-0.15, -0.1) is 0 Å². The Bertz CT molecular complexity index is 200. The Morgan fingerprint density at radius 3 is 2.36 bits per heavy atom. The van der Waals surface area contributed by atoms with Crippen LogP contribution in [0.3, 0.4) is 0 Å². The van der Waals surface area contributed by atoms with Crippen molar-refractivity contribution in [3.8, 4) is 0 Å². The Kier molecular flexibility index (Phi) is 2.61. The minimum Gasteiger partial charge on any atom is -0.396 e. The molecule has 0 aromatic heterocycles. The summed E-state index contributed by atoms with van der Waals surface area (Å²) in [6.45, 7) is 8.65. The van der Waals surface area contributed by atoms with E-state index in [1.807, 2.05) is 0 Å². The van der Waals surface area contributed by atoms with Crippen molar-refractivity contribution < 1.29 is 5.11 Å². The molecule has 1 aliphatic heterocycles. The molecular formula is C12H23NO. The summed E-state index contributed by atoms with van der Waals surface area (Å²) in [6, 6.07) is 0. The second-order valence-electron chi connectivity index (χ2n) is 6.14. The Balaban J connectivity index is 1.72. The van der Waals surface area contributed by atoms with Crippen molar-refractivity contribution in [3.05, 3.63) is 0 Å². The predicted molar refractivity (Wildman–Crippen MR) is 58.2 cm³/mol. The molecule has 0 unspecified atom stereocenters. The van der Waals surface area contributed by atoms with E-state index in [0.29, 0.717) is 12.0 Å². The third-order valence-electron chi connectivity index (χ3n) is 3.97. The fourth-order valence-corrected chi connectivity index (χ4v) is 2.99. The first-order valence-electron chi connectivity index (χ1n) is 5.89. The molecule has 1 saturated heterocycles. The smallest absolute Gasteiger partial charge is 0.0436 e. The number of nitrogens with zero attached hydrogens (tertiary/aromatic N) is 1. The first kappa shape index (κ1) is 10.4. The molecular weight excluding hydrogens is 174 g/mol. The largest absolute Gasteiger partial charge is 0.396 e. The minimum atomic E-state index is 0.292. The highest BCUT2D eigenvalue weighted by atomic mass is 16.3. The standard InChI is InChI=1S/C12H23NO/c1-11(2,6-7-14)8-13-9-12(10-13)4-3-5-12/h14H,3-10H2,1-2H3. The van der Waals surface area contributed by atoms with Crippen molar-refractivity contribution in [3.63, 3.8) is 0 Å². The van der Waals surface area contributed by atoms with Gasteiger partial charge in [-0.25, -0.2) is 0 Å². The van der Waals surface area contributed by atoms with Crippen LogP contribution in [0.5, 0.6) is 0 Å². The molecule has 0 amide bonds. The van der Waals surface area contributed by atoms with Crippen LogP contribution in [0.1, 0.15) is 39.5 Å². The molecule has 1 saturated carbocycles. The van der Waals surface area contributed by atoms with Gasteiger partial charge in [0.15, 0.2) is 0 Å². The van der Waals surface area contributed by atoms with Crippen LogP contribution in [0.25, 0.3) is 0 Å². The van der Waals surface area contributed by atoms with Crippen molar-refractivity contribution in [2.24, 2.45) is 10.8 Å². The highest BCUT2D eigenvalue weighted by Gasteiger charge is 2.47. The Labute approximate surface area is 87.3 Å². The van der Waals surface area contributed by atoms with E-state index in [2.05, 4.69) is 18.7 Å². The zero-order valence-corrected chi connectivity index (χ0v) is 9.55. The summed E-state index contributed by atoms with van der Waals surface area (Å²) in [5.74, 6) is 0. The maximum atomic E-state index is 8.95. The first-order chi connectivity index (χ1) is 6.55. The number of hydrogen-bond donors (Lipinski definition) is 1. The molecule has 2 rings (SSSR count). The number of aliphatic hydroxyl groups excluding tert-OH is 1. The molecule has 1 N–H and O–H groups in total. The highest BCUT2D eigenvalue weighted by Crippen LogP contribution is 2.48. The summed E-state index contributed by atoms with van der Waals surface area (Å²) < 4.78 is 0. The predicted octanol–water partition coefficient (Wildman–Crippen LogP) is 1.88. The molecule has 0 bridgehead atoms. The van der Waals surface area contributed by atoms with Crippen LogP contribution >= 0.6 is 0 Å². The van der Waals surface area contributed by atoms with Crippen molar-refractivity contribution >= 4 is 0 Å². The lowest BCUT2D eigenvalue weighted by molar-refractivity contribution is -0.0764. The summed E-state index contributed by atoms with van der Waals surface area (Å²) >= 11 is 0. The van der Waals surface area contributed by atoms with Gasteiger partial charge in [0.25, 0.3) is 0 Å². The molecule has 2 aliphatic rings. The van der Waals surface area contributed by atoms with E-state index < -0.39 is 0 Å². The van der Waals surface area contributed by atoms with E-state index in [9.17, 15) is 0 Å². The summed E-state index contributed by atoms with van der Waals surface area (Å²) in [5.41, 5.74) is 1.04. The lowest BCUT2D eigenvalue weighted by atomic mass is 9.63. The molecule has 0 atom stereocenters. The lowest BCUT2D eigenvalue weighted by Gasteiger charge is -2.57. The maximum Gasteiger partial charge on any atom is 0.0436 e. The lowest BCUT2D eigenvalue weighted by Crippen LogP contribution is -2.61. The minimum absolute atomic E-state index is 0.292. The SMILES string of the molecule is CC(C)(CCO)CN1CC2(CCC2)C1. The number of likely N-dealkylation sites (tertiary alicyclic amines) is 1. The van der Waals surface area contributed by atoms with Crippen molar-refractivity contribution in [2.75, 3.05) is 26.2 Å². The van der Waals surface area contributed by atoms with Gasteiger partial charge in [-0.2, -0.15) is 0 Å². The molecule has 2 fully saturated rings. The van der Waals surface area contributed by atoms with Gasteiger partial charge < -0.3 is 10.0 Å². The second kappa shape index (κ2) is 3.49. The topological polar surface area (TPSA) is 23.5 Å². The molecule has 2 nitrogen and oxygen atoms in total. The third kappa shape index (κ3) is 1.96. The summed E-state index contributed by atoms with van der Waals surface area (Å²) in [7, 11) is 0. The fraction of sp³-hybridized carbons (Fsp3) is 1.00. The van der Waals surface area contributed by atoms with Gasteiger partial charge in [0.2, 0.25) is 0 Å². The molecule has 0 aromatic rings. The quantitative estimate of drug-likeness (QED) is 0.744. The molecule has 0 radical (unpaired) electrons. The highest BCUT2D eigenvalue weighted by molar-refractivity contribution is 5.01. The van der Waals surface area contributed by atoms with Crippen LogP contribution in [0.15, 0.2) is 0 Å². The number of hydrogen-bond acceptors (Lipinski definition) is 2. The zero-order valence-electron chi connectivity index (χ0n) is 9.55. The second-order valence-corrected chi connectivity index (χ2v) is 6.14. The van der Waals surface area contributed by atoms with Crippen LogP contribution in [0.2, 0.25) is 0 Å². The van der Waals surface area contributed by atoms with Crippen LogP contribution < -0.4 is 0 Å². The normalized spacial score (nSPS) is 25.9. The van der Waals surface area contributed by atoms with Gasteiger partial charge in [0.05, 0.1) is 0 Å². The Hall–Kier alpha value is -0.0800. The third-order valence-corrected chi connectivity index (χ3v) is 3.97. The number of aliphatic hydroxyl groups is 1. The van der Waals surface area contributed by atoms with Crippen LogP contribution in [-0.2, 0) is 0 Å². The molecule has 1 heterocycles. The maximum absolute atomic E-state index is 8.95. The van der Waals surface area contributed by atoms with Gasteiger partial charge in [-0.1, -0.05) is 20.3 Å². The fourth-order valence-electron chi connectivity index (χ4n) is 2.99. The van der Waals surface area contributed by atoms with E-state index in [1.165, 1.54) is 32.4 Å². The average molecular weight is 197 g/mol. The molecule has 1 spiro atoms. The van der Waals surface area contributed by atoms with Crippen molar-refractivity contribution in [2.45, 2.75) is 39.5 Å². The monoisotopic (exact) mass is 197 g/mol. The summed E-state index contributed by atoms with van der Waals surface area (Å²) in [4.78, 5) is 2.56. The molecule has 0 aromatic carbocycles.